The van der Waals surface area contributed by atoms with Crippen LogP contribution in [0.25, 0.3) is 0 Å². The summed E-state index contributed by atoms with van der Waals surface area (Å²) in [6.45, 7) is 8.47. The fourth-order valence-corrected chi connectivity index (χ4v) is 2.00. The summed E-state index contributed by atoms with van der Waals surface area (Å²) in [6.07, 6.45) is 2.99. The van der Waals surface area contributed by atoms with Gasteiger partial charge in [-0.05, 0) is 13.3 Å². The van der Waals surface area contributed by atoms with E-state index < -0.39 is 0 Å². The summed E-state index contributed by atoms with van der Waals surface area (Å²) >= 11 is 7.41. The van der Waals surface area contributed by atoms with Crippen LogP contribution in [0.2, 0.25) is 0 Å². The highest BCUT2D eigenvalue weighted by Gasteiger charge is 2.08. The lowest BCUT2D eigenvalue weighted by Gasteiger charge is -2.09. The summed E-state index contributed by atoms with van der Waals surface area (Å²) in [4.78, 5) is 5.67. The van der Waals surface area contributed by atoms with Crippen LogP contribution in [-0.4, -0.2) is 11.5 Å². The molecule has 0 bridgehead atoms. The molecule has 4 heteroatoms. The highest BCUT2D eigenvalue weighted by Crippen LogP contribution is 2.20. The molecule has 1 N–H and O–H groups in total. The summed E-state index contributed by atoms with van der Waals surface area (Å²) in [5.74, 6) is 0. The van der Waals surface area contributed by atoms with Crippen molar-refractivity contribution in [3.05, 3.63) is 27.7 Å². The molecule has 78 valence electrons. The van der Waals surface area contributed by atoms with Gasteiger partial charge in [0.2, 0.25) is 0 Å². The maximum absolute atomic E-state index is 5.67. The van der Waals surface area contributed by atoms with Gasteiger partial charge in [0.1, 0.15) is 5.01 Å². The number of hydrogen-bond acceptors (Lipinski definition) is 3. The van der Waals surface area contributed by atoms with Crippen molar-refractivity contribution in [2.75, 3.05) is 6.54 Å². The van der Waals surface area contributed by atoms with Gasteiger partial charge in [0, 0.05) is 22.7 Å². The number of hydrogen-bond donors (Lipinski definition) is 1. The molecule has 1 unspecified atom stereocenters. The molecule has 0 aliphatic rings. The zero-order valence-corrected chi connectivity index (χ0v) is 10.1. The van der Waals surface area contributed by atoms with Crippen molar-refractivity contribution in [2.45, 2.75) is 26.3 Å². The zero-order valence-electron chi connectivity index (χ0n) is 8.51. The van der Waals surface area contributed by atoms with Crippen LogP contribution in [0.5, 0.6) is 0 Å². The number of aryl methyl sites for hydroxylation is 1. The quantitative estimate of drug-likeness (QED) is 0.841. The molecule has 1 aromatic rings. The summed E-state index contributed by atoms with van der Waals surface area (Å²) in [5, 5.41) is 4.99. The Morgan fingerprint density at radius 2 is 2.50 bits per heavy atom. The Kier molecular flexibility index (Phi) is 4.58. The molecule has 1 rings (SSSR count). The fraction of sp³-hybridized carbons (Fsp3) is 0.500. The number of nitrogens with one attached hydrogen (secondary N) is 1. The normalized spacial score (nSPS) is 12.8. The van der Waals surface area contributed by atoms with E-state index in [0.717, 1.165) is 11.4 Å². The number of rotatable bonds is 5. The maximum Gasteiger partial charge on any atom is 0.109 e. The lowest BCUT2D eigenvalue weighted by Crippen LogP contribution is -2.19. The maximum atomic E-state index is 5.67. The van der Waals surface area contributed by atoms with E-state index in [1.54, 1.807) is 11.3 Å². The van der Waals surface area contributed by atoms with Gasteiger partial charge in [-0.3, -0.25) is 0 Å². The van der Waals surface area contributed by atoms with Crippen LogP contribution in [0.15, 0.2) is 17.8 Å². The predicted molar refractivity (Wildman–Crippen MR) is 62.9 cm³/mol. The molecule has 1 heterocycles. The second kappa shape index (κ2) is 5.49. The molecule has 0 radical (unpaired) electrons. The first-order valence-electron chi connectivity index (χ1n) is 4.64. The van der Waals surface area contributed by atoms with Crippen LogP contribution >= 0.6 is 22.9 Å². The van der Waals surface area contributed by atoms with Crippen molar-refractivity contribution < 1.29 is 0 Å². The average molecular weight is 231 g/mol. The van der Waals surface area contributed by atoms with E-state index in [0.29, 0.717) is 11.6 Å². The van der Waals surface area contributed by atoms with Crippen LogP contribution < -0.4 is 5.32 Å². The molecule has 0 saturated heterocycles. The minimum atomic E-state index is 0.246. The van der Waals surface area contributed by atoms with E-state index in [2.05, 4.69) is 30.7 Å². The second-order valence-corrected chi connectivity index (χ2v) is 4.82. The third-order valence-electron chi connectivity index (χ3n) is 1.89. The Bertz CT molecular complexity index is 309. The molecular formula is C10H15ClN2S. The molecule has 0 aromatic carbocycles. The lowest BCUT2D eigenvalue weighted by molar-refractivity contribution is 0.611. The van der Waals surface area contributed by atoms with E-state index in [-0.39, 0.29) is 6.04 Å². The third kappa shape index (κ3) is 3.40. The SMILES string of the molecule is C=C(Cl)CNC(C)c1ncc(CC)s1. The van der Waals surface area contributed by atoms with Gasteiger partial charge in [-0.15, -0.1) is 11.3 Å². The molecule has 2 nitrogen and oxygen atoms in total. The molecule has 0 aliphatic heterocycles. The van der Waals surface area contributed by atoms with Gasteiger partial charge >= 0.3 is 0 Å². The third-order valence-corrected chi connectivity index (χ3v) is 3.35. The summed E-state index contributed by atoms with van der Waals surface area (Å²) in [7, 11) is 0. The largest absolute Gasteiger partial charge is 0.303 e. The number of nitrogens with zero attached hydrogens (tertiary/aromatic N) is 1. The van der Waals surface area contributed by atoms with Crippen molar-refractivity contribution in [3.8, 4) is 0 Å². The topological polar surface area (TPSA) is 24.9 Å². The first kappa shape index (κ1) is 11.7. The van der Waals surface area contributed by atoms with E-state index >= 15 is 0 Å². The Labute approximate surface area is 94.0 Å². The van der Waals surface area contributed by atoms with Crippen molar-refractivity contribution in [1.29, 1.82) is 0 Å². The lowest BCUT2D eigenvalue weighted by atomic mass is 10.3. The zero-order chi connectivity index (χ0) is 10.6. The van der Waals surface area contributed by atoms with Crippen molar-refractivity contribution in [3.63, 3.8) is 0 Å². The summed E-state index contributed by atoms with van der Waals surface area (Å²) in [6, 6.07) is 0.246. The van der Waals surface area contributed by atoms with Gasteiger partial charge in [-0.2, -0.15) is 0 Å². The minimum absolute atomic E-state index is 0.246. The second-order valence-electron chi connectivity index (χ2n) is 3.14. The highest BCUT2D eigenvalue weighted by molar-refractivity contribution is 7.11. The monoisotopic (exact) mass is 230 g/mol. The fourth-order valence-electron chi connectivity index (χ4n) is 1.04. The summed E-state index contributed by atoms with van der Waals surface area (Å²) in [5.41, 5.74) is 0. The van der Waals surface area contributed by atoms with E-state index in [9.17, 15) is 0 Å². The minimum Gasteiger partial charge on any atom is -0.303 e. The van der Waals surface area contributed by atoms with Crippen LogP contribution in [0, 0.1) is 0 Å². The van der Waals surface area contributed by atoms with Gasteiger partial charge in [0.05, 0.1) is 6.04 Å². The molecule has 0 amide bonds. The van der Waals surface area contributed by atoms with Crippen LogP contribution in [0.3, 0.4) is 0 Å². The van der Waals surface area contributed by atoms with Gasteiger partial charge in [-0.25, -0.2) is 4.98 Å². The molecule has 0 aliphatic carbocycles. The molecule has 0 saturated carbocycles. The van der Waals surface area contributed by atoms with Crippen LogP contribution in [0.4, 0.5) is 0 Å². The molecule has 1 atom stereocenters. The van der Waals surface area contributed by atoms with Crippen molar-refractivity contribution >= 4 is 22.9 Å². The van der Waals surface area contributed by atoms with Gasteiger partial charge in [0.25, 0.3) is 0 Å². The van der Waals surface area contributed by atoms with Gasteiger partial charge in [-0.1, -0.05) is 25.1 Å². The standard InChI is InChI=1S/C10H15ClN2S/c1-4-9-6-13-10(14-9)8(3)12-5-7(2)11/h6,8,12H,2,4-5H2,1,3H3. The predicted octanol–water partition coefficient (Wildman–Crippen LogP) is 3.11. The molecular weight excluding hydrogens is 216 g/mol. The average Bonchev–Trinajstić information content (AvgIpc) is 2.62. The van der Waals surface area contributed by atoms with Crippen LogP contribution in [-0.2, 0) is 6.42 Å². The Balaban J connectivity index is 2.51. The molecule has 14 heavy (non-hydrogen) atoms. The number of thiazole rings is 1. The first-order valence-corrected chi connectivity index (χ1v) is 5.84. The Morgan fingerprint density at radius 1 is 1.79 bits per heavy atom. The molecule has 0 spiro atoms. The van der Waals surface area contributed by atoms with Gasteiger partial charge in [0.15, 0.2) is 0 Å². The van der Waals surface area contributed by atoms with Crippen LogP contribution in [0.1, 0.15) is 29.8 Å². The van der Waals surface area contributed by atoms with Gasteiger partial charge < -0.3 is 5.32 Å². The smallest absolute Gasteiger partial charge is 0.109 e. The Hall–Kier alpha value is -0.380. The molecule has 1 aromatic heterocycles. The Morgan fingerprint density at radius 3 is 3.00 bits per heavy atom. The van der Waals surface area contributed by atoms with Crippen molar-refractivity contribution in [2.24, 2.45) is 0 Å². The van der Waals surface area contributed by atoms with E-state index in [1.807, 2.05) is 6.20 Å². The van der Waals surface area contributed by atoms with Crippen molar-refractivity contribution in [1.82, 2.24) is 10.3 Å². The van der Waals surface area contributed by atoms with E-state index in [1.165, 1.54) is 4.88 Å². The number of halogens is 1. The van der Waals surface area contributed by atoms with E-state index in [4.69, 9.17) is 11.6 Å². The number of aromatic nitrogens is 1. The molecule has 0 fully saturated rings. The highest BCUT2D eigenvalue weighted by atomic mass is 35.5. The summed E-state index contributed by atoms with van der Waals surface area (Å²) < 4.78 is 0. The first-order chi connectivity index (χ1) is 6.63.